The summed E-state index contributed by atoms with van der Waals surface area (Å²) in [4.78, 5) is 0. The molecule has 0 N–H and O–H groups in total. The van der Waals surface area contributed by atoms with Crippen LogP contribution in [0.3, 0.4) is 0 Å². The molecule has 0 bridgehead atoms. The van der Waals surface area contributed by atoms with E-state index in [2.05, 4.69) is 208 Å². The fraction of sp³-hybridized carbons (Fsp3) is 0.0455. The molecule has 46 heavy (non-hydrogen) atoms. The van der Waals surface area contributed by atoms with Gasteiger partial charge in [0.1, 0.15) is 0 Å². The zero-order chi connectivity index (χ0) is 31.4. The van der Waals surface area contributed by atoms with Gasteiger partial charge in [0.2, 0.25) is 0 Å². The molecule has 0 aliphatic heterocycles. The maximum atomic E-state index is 2.50. The molecule has 0 saturated carbocycles. The van der Waals surface area contributed by atoms with Gasteiger partial charge in [-0.15, -0.1) is 0 Å². The van der Waals surface area contributed by atoms with Crippen LogP contribution in [0.25, 0.3) is 0 Å². The summed E-state index contributed by atoms with van der Waals surface area (Å²) in [6.07, 6.45) is 0. The third-order valence-electron chi connectivity index (χ3n) is 9.55. The van der Waals surface area contributed by atoms with Crippen molar-refractivity contribution < 1.29 is 0 Å². The molecule has 0 spiro atoms. The van der Waals surface area contributed by atoms with Gasteiger partial charge in [-0.2, -0.15) is 0 Å². The van der Waals surface area contributed by atoms with Gasteiger partial charge in [-0.1, -0.05) is 0 Å². The van der Waals surface area contributed by atoms with Gasteiger partial charge in [0.05, 0.1) is 0 Å². The number of rotatable bonds is 8. The molecule has 0 heterocycles. The molecule has 7 aromatic carbocycles. The Balaban J connectivity index is 1.53. The summed E-state index contributed by atoms with van der Waals surface area (Å²) in [5.41, 5.74) is 2.58. The summed E-state index contributed by atoms with van der Waals surface area (Å²) in [5, 5.41) is 0. The van der Waals surface area contributed by atoms with Crippen LogP contribution < -0.4 is 35.2 Å². The summed E-state index contributed by atoms with van der Waals surface area (Å²) >= 11 is -6.76. The van der Waals surface area contributed by atoms with Gasteiger partial charge in [-0.3, -0.25) is 0 Å². The van der Waals surface area contributed by atoms with Gasteiger partial charge in [0, 0.05) is 0 Å². The molecule has 0 aliphatic carbocycles. The van der Waals surface area contributed by atoms with E-state index in [0.717, 1.165) is 0 Å². The normalized spacial score (nSPS) is 11.7. The number of hydrogen-bond donors (Lipinski definition) is 0. The van der Waals surface area contributed by atoms with E-state index in [1.165, 1.54) is 46.3 Å². The van der Waals surface area contributed by atoms with Crippen molar-refractivity contribution in [1.29, 1.82) is 0 Å². The summed E-state index contributed by atoms with van der Waals surface area (Å²) < 4.78 is 11.6. The summed E-state index contributed by atoms with van der Waals surface area (Å²) in [5.74, 6) is 0. The van der Waals surface area contributed by atoms with E-state index >= 15 is 0 Å². The van der Waals surface area contributed by atoms with E-state index in [1.807, 2.05) is 0 Å². The number of hydrogen-bond acceptors (Lipinski definition) is 0. The number of benzene rings is 7. The second-order valence-electron chi connectivity index (χ2n) is 12.3. The Bertz CT molecular complexity index is 1770. The maximum absolute atomic E-state index is 3.38. The van der Waals surface area contributed by atoms with Crippen molar-refractivity contribution in [3.63, 3.8) is 0 Å². The van der Waals surface area contributed by atoms with Gasteiger partial charge in [0.15, 0.2) is 0 Å². The van der Waals surface area contributed by atoms with Crippen LogP contribution in [0.5, 0.6) is 0 Å². The van der Waals surface area contributed by atoms with E-state index < -0.39 is 26.5 Å². The first-order chi connectivity index (χ1) is 22.6. The number of aryl methyl sites for hydroxylation is 2. The van der Waals surface area contributed by atoms with Gasteiger partial charge in [-0.05, 0) is 0 Å². The molecule has 0 aliphatic rings. The topological polar surface area (TPSA) is 0 Å². The first-order valence-corrected chi connectivity index (χ1v) is 24.5. The molecular weight excluding hydrogens is 674 g/mol. The van der Waals surface area contributed by atoms with Crippen molar-refractivity contribution in [2.24, 2.45) is 0 Å². The molecular formula is C44H38Ge2. The molecule has 222 valence electrons. The molecule has 0 atom stereocenters. The van der Waals surface area contributed by atoms with Crippen LogP contribution in [0.2, 0.25) is 0 Å². The average molecular weight is 712 g/mol. The van der Waals surface area contributed by atoms with Crippen molar-refractivity contribution in [3.05, 3.63) is 205 Å². The SMILES string of the molecule is Cc1cc[c]([Ge]([c]2ccccc2)([c]2ccccc2)[c]2cc[c]([Ge]([c]3ccccc3)([c]3ccccc3)[c]3ccc(C)cc3)cc2)cc1. The Hall–Kier alpha value is -4.37. The van der Waals surface area contributed by atoms with E-state index in [-0.39, 0.29) is 0 Å². The third kappa shape index (κ3) is 5.30. The van der Waals surface area contributed by atoms with E-state index in [9.17, 15) is 0 Å². The summed E-state index contributed by atoms with van der Waals surface area (Å²) in [6, 6.07) is 73.9. The van der Waals surface area contributed by atoms with Crippen LogP contribution in [0.15, 0.2) is 194 Å². The Morgan fingerprint density at radius 3 is 0.609 bits per heavy atom. The molecule has 0 nitrogen and oxygen atoms in total. The van der Waals surface area contributed by atoms with E-state index in [1.54, 1.807) is 0 Å². The molecule has 0 aromatic heterocycles. The van der Waals surface area contributed by atoms with Crippen LogP contribution in [0, 0.1) is 13.8 Å². The fourth-order valence-corrected chi connectivity index (χ4v) is 27.1. The van der Waals surface area contributed by atoms with Crippen molar-refractivity contribution in [3.8, 4) is 0 Å². The van der Waals surface area contributed by atoms with E-state index in [4.69, 9.17) is 0 Å². The molecule has 0 unspecified atom stereocenters. The zero-order valence-corrected chi connectivity index (χ0v) is 30.7. The quantitative estimate of drug-likeness (QED) is 0.194. The summed E-state index contributed by atoms with van der Waals surface area (Å²) in [6.45, 7) is 4.37. The van der Waals surface area contributed by atoms with Gasteiger partial charge in [0.25, 0.3) is 0 Å². The van der Waals surface area contributed by atoms with Crippen molar-refractivity contribution in [2.75, 3.05) is 0 Å². The third-order valence-corrected chi connectivity index (χ3v) is 29.7. The molecule has 0 saturated heterocycles. The monoisotopic (exact) mass is 714 g/mol. The molecule has 0 fully saturated rings. The van der Waals surface area contributed by atoms with Gasteiger partial charge >= 0.3 is 281 Å². The zero-order valence-electron chi connectivity index (χ0n) is 26.5. The van der Waals surface area contributed by atoms with Crippen LogP contribution in [0.1, 0.15) is 11.1 Å². The van der Waals surface area contributed by atoms with Crippen molar-refractivity contribution in [2.45, 2.75) is 13.8 Å². The molecule has 0 amide bonds. The second kappa shape index (κ2) is 13.2. The van der Waals surface area contributed by atoms with Crippen LogP contribution in [0.4, 0.5) is 0 Å². The predicted octanol–water partition coefficient (Wildman–Crippen LogP) is 5.06. The standard InChI is InChI=1S/C44H38Ge2/c1-35-23-27-41(28-24-35)45(37-15-7-3-8-16-37,38-17-9-4-10-18-38)43-31-33-44(34-32-43)46(39-19-11-5-12-20-39,40-21-13-6-14-22-40)42-29-25-36(2)26-30-42/h3-34H,1-2H3. The fourth-order valence-electron chi connectivity index (χ4n) is 7.33. The van der Waals surface area contributed by atoms with Crippen molar-refractivity contribution in [1.82, 2.24) is 0 Å². The second-order valence-corrected chi connectivity index (χ2v) is 28.3. The van der Waals surface area contributed by atoms with Crippen LogP contribution >= 0.6 is 0 Å². The molecule has 7 rings (SSSR count). The Labute approximate surface area is 279 Å². The Kier molecular flexibility index (Phi) is 8.66. The Morgan fingerprint density at radius 2 is 0.391 bits per heavy atom. The van der Waals surface area contributed by atoms with E-state index in [0.29, 0.717) is 0 Å². The first kappa shape index (κ1) is 30.3. The Morgan fingerprint density at radius 1 is 0.217 bits per heavy atom. The van der Waals surface area contributed by atoms with Crippen LogP contribution in [-0.4, -0.2) is 26.5 Å². The molecule has 7 aromatic rings. The summed E-state index contributed by atoms with van der Waals surface area (Å²) in [7, 11) is 0. The minimum atomic E-state index is -3.38. The van der Waals surface area contributed by atoms with Gasteiger partial charge in [-0.25, -0.2) is 0 Å². The average Bonchev–Trinajstić information content (AvgIpc) is 3.13. The first-order valence-electron chi connectivity index (χ1n) is 16.1. The van der Waals surface area contributed by atoms with Gasteiger partial charge < -0.3 is 0 Å². The molecule has 2 heteroatoms. The van der Waals surface area contributed by atoms with Crippen molar-refractivity contribution >= 4 is 61.7 Å². The predicted molar refractivity (Wildman–Crippen MR) is 203 cm³/mol. The molecule has 0 radical (unpaired) electrons. The van der Waals surface area contributed by atoms with Crippen LogP contribution in [-0.2, 0) is 0 Å². The minimum absolute atomic E-state index is 1.29.